The summed E-state index contributed by atoms with van der Waals surface area (Å²) in [4.78, 5) is 19.3. The van der Waals surface area contributed by atoms with Gasteiger partial charge in [-0.3, -0.25) is 4.79 Å². The van der Waals surface area contributed by atoms with Crippen LogP contribution in [0.2, 0.25) is 0 Å². The number of aryl methyl sites for hydroxylation is 1. The molecule has 1 unspecified atom stereocenters. The van der Waals surface area contributed by atoms with Crippen molar-refractivity contribution in [3.05, 3.63) is 65.9 Å². The van der Waals surface area contributed by atoms with Crippen LogP contribution in [0.4, 0.5) is 5.13 Å². The highest BCUT2D eigenvalue weighted by Crippen LogP contribution is 2.32. The van der Waals surface area contributed by atoms with Crippen LogP contribution >= 0.6 is 11.3 Å². The van der Waals surface area contributed by atoms with E-state index in [1.54, 1.807) is 18.4 Å². The van der Waals surface area contributed by atoms with Crippen molar-refractivity contribution in [2.45, 2.75) is 19.9 Å². The molecule has 0 saturated carbocycles. The first-order chi connectivity index (χ1) is 15.0. The Labute approximate surface area is 185 Å². The van der Waals surface area contributed by atoms with Crippen molar-refractivity contribution in [3.63, 3.8) is 0 Å². The van der Waals surface area contributed by atoms with Gasteiger partial charge in [0.2, 0.25) is 5.91 Å². The van der Waals surface area contributed by atoms with E-state index in [9.17, 15) is 4.79 Å². The van der Waals surface area contributed by atoms with Gasteiger partial charge in [0.1, 0.15) is 5.75 Å². The second-order valence-electron chi connectivity index (χ2n) is 7.40. The molecule has 2 heterocycles. The average molecular weight is 436 g/mol. The lowest BCUT2D eigenvalue weighted by molar-refractivity contribution is -0.120. The van der Waals surface area contributed by atoms with Gasteiger partial charge in [0, 0.05) is 7.05 Å². The topological polar surface area (TPSA) is 72.3 Å². The molecule has 31 heavy (non-hydrogen) atoms. The van der Waals surface area contributed by atoms with E-state index in [4.69, 9.17) is 9.72 Å². The lowest BCUT2D eigenvalue weighted by atomic mass is 10.1. The second kappa shape index (κ2) is 8.77. The highest BCUT2D eigenvalue weighted by molar-refractivity contribution is 7.22. The van der Waals surface area contributed by atoms with Crippen LogP contribution in [0.15, 0.2) is 54.6 Å². The van der Waals surface area contributed by atoms with E-state index in [0.29, 0.717) is 0 Å². The molecule has 1 N–H and O–H groups in total. The Kier molecular flexibility index (Phi) is 5.90. The number of anilines is 1. The zero-order chi connectivity index (χ0) is 22.0. The van der Waals surface area contributed by atoms with Gasteiger partial charge in [-0.15, -0.1) is 0 Å². The standard InChI is InChI=1S/C23H25N5O2S/c1-15(17-10-12-19(30-4)13-11-17)24-20(29)14-27(3)23-25-22-21(31-23)16(2)26-28(22)18-8-6-5-7-9-18/h5-13,15H,14H2,1-4H3,(H,24,29). The number of benzene rings is 2. The molecule has 4 aromatic rings. The smallest absolute Gasteiger partial charge is 0.240 e. The zero-order valence-corrected chi connectivity index (χ0v) is 18.8. The summed E-state index contributed by atoms with van der Waals surface area (Å²) in [6.07, 6.45) is 0. The number of ether oxygens (including phenoxy) is 1. The first-order valence-corrected chi connectivity index (χ1v) is 10.8. The molecule has 4 rings (SSSR count). The van der Waals surface area contributed by atoms with E-state index in [1.165, 1.54) is 0 Å². The predicted molar refractivity (Wildman–Crippen MR) is 124 cm³/mol. The Morgan fingerprint density at radius 3 is 2.58 bits per heavy atom. The minimum atomic E-state index is -0.101. The summed E-state index contributed by atoms with van der Waals surface area (Å²) in [5.41, 5.74) is 3.72. The van der Waals surface area contributed by atoms with E-state index < -0.39 is 0 Å². The normalized spacial score (nSPS) is 12.0. The van der Waals surface area contributed by atoms with E-state index >= 15 is 0 Å². The number of amides is 1. The summed E-state index contributed by atoms with van der Waals surface area (Å²) in [6.45, 7) is 4.16. The maximum absolute atomic E-state index is 12.6. The summed E-state index contributed by atoms with van der Waals surface area (Å²) >= 11 is 1.55. The number of nitrogens with zero attached hydrogens (tertiary/aromatic N) is 4. The molecule has 0 spiro atoms. The Morgan fingerprint density at radius 2 is 1.90 bits per heavy atom. The predicted octanol–water partition coefficient (Wildman–Crippen LogP) is 4.11. The van der Waals surface area contributed by atoms with Crippen molar-refractivity contribution in [2.75, 3.05) is 25.6 Å². The molecule has 0 bridgehead atoms. The molecule has 1 atom stereocenters. The third-order valence-electron chi connectivity index (χ3n) is 5.08. The summed E-state index contributed by atoms with van der Waals surface area (Å²) in [5.74, 6) is 0.730. The maximum Gasteiger partial charge on any atom is 0.240 e. The number of thiazole rings is 1. The highest BCUT2D eigenvalue weighted by atomic mass is 32.1. The van der Waals surface area contributed by atoms with Gasteiger partial charge < -0.3 is 15.0 Å². The molecule has 0 aliphatic heterocycles. The number of hydrogen-bond acceptors (Lipinski definition) is 6. The molecule has 7 nitrogen and oxygen atoms in total. The lowest BCUT2D eigenvalue weighted by Gasteiger charge is -2.19. The van der Waals surface area contributed by atoms with Crippen LogP contribution in [0.1, 0.15) is 24.2 Å². The molecule has 8 heteroatoms. The van der Waals surface area contributed by atoms with Crippen molar-refractivity contribution < 1.29 is 9.53 Å². The molecule has 0 radical (unpaired) electrons. The van der Waals surface area contributed by atoms with Crippen molar-refractivity contribution in [1.82, 2.24) is 20.1 Å². The Morgan fingerprint density at radius 1 is 1.19 bits per heavy atom. The molecule has 0 aliphatic carbocycles. The van der Waals surface area contributed by atoms with E-state index in [-0.39, 0.29) is 18.5 Å². The summed E-state index contributed by atoms with van der Waals surface area (Å²) < 4.78 is 8.07. The van der Waals surface area contributed by atoms with E-state index in [1.807, 2.05) is 85.1 Å². The number of methoxy groups -OCH3 is 1. The molecular formula is C23H25N5O2S. The van der Waals surface area contributed by atoms with Gasteiger partial charge in [-0.25, -0.2) is 4.68 Å². The number of carbonyl (C=O) groups is 1. The Balaban J connectivity index is 1.46. The number of nitrogens with one attached hydrogen (secondary N) is 1. The minimum Gasteiger partial charge on any atom is -0.497 e. The van der Waals surface area contributed by atoms with Crippen LogP contribution in [0.5, 0.6) is 5.75 Å². The third-order valence-corrected chi connectivity index (χ3v) is 6.35. The van der Waals surface area contributed by atoms with Gasteiger partial charge in [-0.1, -0.05) is 41.7 Å². The Hall–Kier alpha value is -3.39. The van der Waals surface area contributed by atoms with Gasteiger partial charge in [0.15, 0.2) is 10.8 Å². The molecular weight excluding hydrogens is 410 g/mol. The van der Waals surface area contributed by atoms with Gasteiger partial charge in [-0.2, -0.15) is 10.1 Å². The monoisotopic (exact) mass is 435 g/mol. The molecule has 0 saturated heterocycles. The first-order valence-electron chi connectivity index (χ1n) is 10.0. The van der Waals surface area contributed by atoms with Crippen LogP contribution in [0, 0.1) is 6.92 Å². The first kappa shape index (κ1) is 20.9. The molecule has 1 amide bonds. The third kappa shape index (κ3) is 4.39. The van der Waals surface area contributed by atoms with Gasteiger partial charge >= 0.3 is 0 Å². The summed E-state index contributed by atoms with van der Waals surface area (Å²) in [6, 6.07) is 17.5. The fourth-order valence-electron chi connectivity index (χ4n) is 3.38. The number of hydrogen-bond donors (Lipinski definition) is 1. The fourth-order valence-corrected chi connectivity index (χ4v) is 4.33. The highest BCUT2D eigenvalue weighted by Gasteiger charge is 2.19. The second-order valence-corrected chi connectivity index (χ2v) is 8.38. The molecule has 160 valence electrons. The van der Waals surface area contributed by atoms with Crippen molar-refractivity contribution in [3.8, 4) is 11.4 Å². The number of para-hydroxylation sites is 1. The maximum atomic E-state index is 12.6. The summed E-state index contributed by atoms with van der Waals surface area (Å²) in [7, 11) is 3.52. The van der Waals surface area contributed by atoms with Gasteiger partial charge in [0.25, 0.3) is 0 Å². The molecule has 0 fully saturated rings. The van der Waals surface area contributed by atoms with Gasteiger partial charge in [0.05, 0.1) is 35.8 Å². The van der Waals surface area contributed by atoms with Crippen LogP contribution in [-0.4, -0.2) is 41.4 Å². The van der Waals surface area contributed by atoms with E-state index in [2.05, 4.69) is 10.4 Å². The number of likely N-dealkylation sites (N-methyl/N-ethyl adjacent to an activating group) is 1. The van der Waals surface area contributed by atoms with Crippen LogP contribution in [0.3, 0.4) is 0 Å². The molecule has 2 aromatic heterocycles. The molecule has 0 aliphatic rings. The van der Waals surface area contributed by atoms with E-state index in [0.717, 1.165) is 38.2 Å². The van der Waals surface area contributed by atoms with Gasteiger partial charge in [-0.05, 0) is 43.7 Å². The Bertz CT molecular complexity index is 1180. The quantitative estimate of drug-likeness (QED) is 0.473. The van der Waals surface area contributed by atoms with Crippen LogP contribution in [0.25, 0.3) is 16.0 Å². The largest absolute Gasteiger partial charge is 0.497 e. The minimum absolute atomic E-state index is 0.0634. The number of aromatic nitrogens is 3. The summed E-state index contributed by atoms with van der Waals surface area (Å²) in [5, 5.41) is 8.46. The number of carbonyl (C=O) groups excluding carboxylic acids is 1. The van der Waals surface area contributed by atoms with Crippen LogP contribution in [-0.2, 0) is 4.79 Å². The van der Waals surface area contributed by atoms with Crippen molar-refractivity contribution >= 4 is 32.7 Å². The van der Waals surface area contributed by atoms with Crippen molar-refractivity contribution in [1.29, 1.82) is 0 Å². The number of fused-ring (bicyclic) bond motifs is 1. The zero-order valence-electron chi connectivity index (χ0n) is 18.0. The van der Waals surface area contributed by atoms with Crippen LogP contribution < -0.4 is 15.0 Å². The SMILES string of the molecule is COc1ccc(C(C)NC(=O)CN(C)c2nc3c(s2)c(C)nn3-c2ccccc2)cc1. The lowest BCUT2D eigenvalue weighted by Crippen LogP contribution is -2.36. The fraction of sp³-hybridized carbons (Fsp3) is 0.261. The molecule has 2 aromatic carbocycles. The number of rotatable bonds is 7. The van der Waals surface area contributed by atoms with Crippen molar-refractivity contribution in [2.24, 2.45) is 0 Å². The average Bonchev–Trinajstić information content (AvgIpc) is 3.35.